The van der Waals surface area contributed by atoms with Crippen LogP contribution in [0.2, 0.25) is 5.02 Å². The molecule has 0 spiro atoms. The Morgan fingerprint density at radius 3 is 2.62 bits per heavy atom. The second-order valence-electron chi connectivity index (χ2n) is 9.03. The van der Waals surface area contributed by atoms with E-state index in [1.54, 1.807) is 19.1 Å². The van der Waals surface area contributed by atoms with Crippen molar-refractivity contribution in [3.8, 4) is 0 Å². The average Bonchev–Trinajstić information content (AvgIpc) is 2.92. The standard InChI is InChI=1S/C29H27ClN4O3/c1-2-25(28(35)33-26-13-12-20(30)16-31-26)37-29(36)27-21-10-6-7-11-23(21)32-24-14-15-34(18-22(24)27)17-19-8-4-3-5-9-19/h3-13,16,25H,2,14-15,17-18H2,1H3,(H,31,33,35). The van der Waals surface area contributed by atoms with E-state index in [0.29, 0.717) is 29.4 Å². The van der Waals surface area contributed by atoms with Crippen molar-refractivity contribution in [3.63, 3.8) is 0 Å². The Balaban J connectivity index is 1.42. The molecule has 188 valence electrons. The van der Waals surface area contributed by atoms with Gasteiger partial charge in [0.05, 0.1) is 16.1 Å². The summed E-state index contributed by atoms with van der Waals surface area (Å²) in [5, 5.41) is 3.89. The maximum atomic E-state index is 13.7. The van der Waals surface area contributed by atoms with Crippen LogP contribution >= 0.6 is 11.6 Å². The van der Waals surface area contributed by atoms with Gasteiger partial charge >= 0.3 is 5.97 Å². The van der Waals surface area contributed by atoms with E-state index in [1.807, 2.05) is 42.5 Å². The van der Waals surface area contributed by atoms with Crippen molar-refractivity contribution in [1.82, 2.24) is 14.9 Å². The van der Waals surface area contributed by atoms with Crippen LogP contribution < -0.4 is 5.32 Å². The minimum absolute atomic E-state index is 0.316. The molecule has 1 aliphatic heterocycles. The first-order valence-electron chi connectivity index (χ1n) is 12.3. The number of nitrogens with zero attached hydrogens (tertiary/aromatic N) is 3. The van der Waals surface area contributed by atoms with Crippen LogP contribution in [0.25, 0.3) is 10.9 Å². The minimum Gasteiger partial charge on any atom is -0.449 e. The molecule has 4 aromatic rings. The van der Waals surface area contributed by atoms with E-state index in [9.17, 15) is 9.59 Å². The van der Waals surface area contributed by atoms with Crippen molar-refractivity contribution in [1.29, 1.82) is 0 Å². The molecule has 1 unspecified atom stereocenters. The SMILES string of the molecule is CCC(OC(=O)c1c2c(nc3ccccc13)CCN(Cc1ccccc1)C2)C(=O)Nc1ccc(Cl)cn1. The molecule has 0 radical (unpaired) electrons. The number of ether oxygens (including phenoxy) is 1. The summed E-state index contributed by atoms with van der Waals surface area (Å²) in [4.78, 5) is 37.9. The van der Waals surface area contributed by atoms with Crippen molar-refractivity contribution in [2.24, 2.45) is 0 Å². The molecule has 7 nitrogen and oxygen atoms in total. The highest BCUT2D eigenvalue weighted by atomic mass is 35.5. The first kappa shape index (κ1) is 24.9. The van der Waals surface area contributed by atoms with Crippen LogP contribution in [-0.2, 0) is 29.0 Å². The van der Waals surface area contributed by atoms with E-state index < -0.39 is 18.0 Å². The number of carbonyl (C=O) groups excluding carboxylic acids is 2. The highest BCUT2D eigenvalue weighted by Crippen LogP contribution is 2.30. The van der Waals surface area contributed by atoms with Gasteiger partial charge in [-0.1, -0.05) is 67.1 Å². The van der Waals surface area contributed by atoms with Gasteiger partial charge in [0, 0.05) is 48.9 Å². The zero-order chi connectivity index (χ0) is 25.8. The van der Waals surface area contributed by atoms with E-state index in [4.69, 9.17) is 21.3 Å². The Morgan fingerprint density at radius 1 is 1.08 bits per heavy atom. The first-order valence-corrected chi connectivity index (χ1v) is 12.7. The van der Waals surface area contributed by atoms with Gasteiger partial charge in [-0.05, 0) is 30.2 Å². The predicted octanol–water partition coefficient (Wildman–Crippen LogP) is 5.42. The average molecular weight is 515 g/mol. The molecule has 0 aliphatic carbocycles. The third-order valence-corrected chi connectivity index (χ3v) is 6.69. The second-order valence-corrected chi connectivity index (χ2v) is 9.46. The summed E-state index contributed by atoms with van der Waals surface area (Å²) in [6, 6.07) is 21.1. The Labute approximate surface area is 220 Å². The Hall–Kier alpha value is -3.81. The van der Waals surface area contributed by atoms with Gasteiger partial charge in [0.1, 0.15) is 5.82 Å². The molecule has 0 saturated heterocycles. The van der Waals surface area contributed by atoms with Crippen molar-refractivity contribution in [2.45, 2.75) is 39.0 Å². The van der Waals surface area contributed by atoms with Crippen LogP contribution in [0.1, 0.15) is 40.5 Å². The Kier molecular flexibility index (Phi) is 7.44. The van der Waals surface area contributed by atoms with Crippen molar-refractivity contribution < 1.29 is 14.3 Å². The van der Waals surface area contributed by atoms with Gasteiger partial charge in [-0.25, -0.2) is 9.78 Å². The van der Waals surface area contributed by atoms with Gasteiger partial charge < -0.3 is 10.1 Å². The molecule has 0 bridgehead atoms. The number of hydrogen-bond acceptors (Lipinski definition) is 6. The van der Waals surface area contributed by atoms with Gasteiger partial charge in [-0.3, -0.25) is 14.7 Å². The van der Waals surface area contributed by atoms with Crippen LogP contribution in [0, 0.1) is 0 Å². The number of aromatic nitrogens is 2. The number of amides is 1. The summed E-state index contributed by atoms with van der Waals surface area (Å²) in [7, 11) is 0. The zero-order valence-corrected chi connectivity index (χ0v) is 21.2. The van der Waals surface area contributed by atoms with Crippen molar-refractivity contribution in [2.75, 3.05) is 11.9 Å². The zero-order valence-electron chi connectivity index (χ0n) is 20.5. The van der Waals surface area contributed by atoms with Gasteiger partial charge in [0.25, 0.3) is 5.91 Å². The van der Waals surface area contributed by atoms with Gasteiger partial charge in [0.15, 0.2) is 6.10 Å². The van der Waals surface area contributed by atoms with Gasteiger partial charge in [0.2, 0.25) is 0 Å². The van der Waals surface area contributed by atoms with Crippen LogP contribution in [0.15, 0.2) is 72.9 Å². The molecule has 1 amide bonds. The molecule has 5 rings (SSSR count). The van der Waals surface area contributed by atoms with Crippen molar-refractivity contribution >= 4 is 40.2 Å². The fourth-order valence-corrected chi connectivity index (χ4v) is 4.73. The molecule has 1 atom stereocenters. The molecule has 0 fully saturated rings. The Bertz CT molecular complexity index is 1430. The summed E-state index contributed by atoms with van der Waals surface area (Å²) in [6.45, 7) is 3.99. The van der Waals surface area contributed by atoms with E-state index in [2.05, 4.69) is 27.3 Å². The molecule has 0 saturated carbocycles. The molecular weight excluding hydrogens is 488 g/mol. The lowest BCUT2D eigenvalue weighted by molar-refractivity contribution is -0.124. The number of hydrogen-bond donors (Lipinski definition) is 1. The van der Waals surface area contributed by atoms with Crippen LogP contribution in [0.5, 0.6) is 0 Å². The summed E-state index contributed by atoms with van der Waals surface area (Å²) in [5.74, 6) is -0.627. The predicted molar refractivity (Wildman–Crippen MR) is 143 cm³/mol. The molecule has 37 heavy (non-hydrogen) atoms. The number of rotatable bonds is 7. The summed E-state index contributed by atoms with van der Waals surface area (Å²) in [5.41, 5.74) is 4.20. The number of para-hydroxylation sites is 1. The first-order chi connectivity index (χ1) is 18.0. The van der Waals surface area contributed by atoms with Crippen LogP contribution in [-0.4, -0.2) is 39.4 Å². The molecule has 2 aromatic carbocycles. The molecule has 1 aliphatic rings. The summed E-state index contributed by atoms with van der Waals surface area (Å²) < 4.78 is 5.82. The summed E-state index contributed by atoms with van der Waals surface area (Å²) in [6.07, 6.45) is 1.52. The topological polar surface area (TPSA) is 84.4 Å². The van der Waals surface area contributed by atoms with E-state index in [0.717, 1.165) is 41.7 Å². The number of halogens is 1. The third kappa shape index (κ3) is 5.63. The number of fused-ring (bicyclic) bond motifs is 2. The van der Waals surface area contributed by atoms with Gasteiger partial charge in [-0.15, -0.1) is 0 Å². The second kappa shape index (κ2) is 11.1. The number of benzene rings is 2. The Morgan fingerprint density at radius 2 is 1.86 bits per heavy atom. The third-order valence-electron chi connectivity index (χ3n) is 6.47. The molecule has 8 heteroatoms. The quantitative estimate of drug-likeness (QED) is 0.332. The number of pyridine rings is 2. The van der Waals surface area contributed by atoms with Gasteiger partial charge in [-0.2, -0.15) is 0 Å². The smallest absolute Gasteiger partial charge is 0.340 e. The largest absolute Gasteiger partial charge is 0.449 e. The molecule has 3 heterocycles. The van der Waals surface area contributed by atoms with Crippen LogP contribution in [0.4, 0.5) is 5.82 Å². The van der Waals surface area contributed by atoms with E-state index in [1.165, 1.54) is 11.8 Å². The summed E-state index contributed by atoms with van der Waals surface area (Å²) >= 11 is 5.88. The van der Waals surface area contributed by atoms with E-state index >= 15 is 0 Å². The fraction of sp³-hybridized carbons (Fsp3) is 0.241. The highest BCUT2D eigenvalue weighted by Gasteiger charge is 2.29. The fourth-order valence-electron chi connectivity index (χ4n) is 4.62. The lowest BCUT2D eigenvalue weighted by atomic mass is 9.95. The molecule has 1 N–H and O–H groups in total. The lowest BCUT2D eigenvalue weighted by Gasteiger charge is -2.30. The maximum absolute atomic E-state index is 13.7. The molecule has 2 aromatic heterocycles. The lowest BCUT2D eigenvalue weighted by Crippen LogP contribution is -2.35. The highest BCUT2D eigenvalue weighted by molar-refractivity contribution is 6.30. The molecular formula is C29H27ClN4O3. The van der Waals surface area contributed by atoms with Crippen molar-refractivity contribution in [3.05, 3.63) is 100 Å². The maximum Gasteiger partial charge on any atom is 0.340 e. The number of anilines is 1. The number of nitrogens with one attached hydrogen (secondary N) is 1. The number of carbonyl (C=O) groups is 2. The normalized spacial score (nSPS) is 14.1. The minimum atomic E-state index is -0.975. The monoisotopic (exact) mass is 514 g/mol. The number of esters is 1. The van der Waals surface area contributed by atoms with Crippen LogP contribution in [0.3, 0.4) is 0 Å². The van der Waals surface area contributed by atoms with E-state index in [-0.39, 0.29) is 0 Å².